The third kappa shape index (κ3) is 6.33. The Balaban J connectivity index is 1.62. The van der Waals surface area contributed by atoms with Gasteiger partial charge in [-0.15, -0.1) is 0 Å². The Morgan fingerprint density at radius 1 is 0.745 bits per heavy atom. The summed E-state index contributed by atoms with van der Waals surface area (Å²) < 4.78 is 41.2. The molecule has 2 atom stereocenters. The molecule has 1 unspecified atom stereocenters. The summed E-state index contributed by atoms with van der Waals surface area (Å²) in [6.07, 6.45) is 2.51. The molecule has 0 radical (unpaired) electrons. The van der Waals surface area contributed by atoms with Gasteiger partial charge in [0.15, 0.2) is 11.5 Å². The van der Waals surface area contributed by atoms with E-state index in [1.165, 1.54) is 17.0 Å². The molecule has 10 nitrogen and oxygen atoms in total. The zero-order valence-corrected chi connectivity index (χ0v) is 30.4. The molecular weight excluding hydrogens is 650 g/mol. The van der Waals surface area contributed by atoms with Gasteiger partial charge in [0.1, 0.15) is 23.1 Å². The second-order valence-electron chi connectivity index (χ2n) is 14.5. The number of hydrogen-bond donors (Lipinski definition) is 1. The first-order chi connectivity index (χ1) is 24.0. The molecule has 0 aliphatic carbocycles. The molecule has 266 valence electrons. The van der Waals surface area contributed by atoms with Crippen molar-refractivity contribution in [3.05, 3.63) is 96.3 Å². The van der Waals surface area contributed by atoms with Crippen LogP contribution in [0.4, 0.5) is 13.6 Å². The average molecular weight is 695 g/mol. The minimum atomic E-state index is -1.65. The third-order valence-electron chi connectivity index (χ3n) is 8.81. The van der Waals surface area contributed by atoms with E-state index in [0.29, 0.717) is 50.7 Å². The number of fused-ring (bicyclic) bond motifs is 2. The number of carbonyl (C=O) groups excluding carboxylic acids is 1. The van der Waals surface area contributed by atoms with Crippen molar-refractivity contribution in [3.63, 3.8) is 0 Å². The number of nitrogens with zero attached hydrogens (tertiary/aromatic N) is 7. The summed E-state index contributed by atoms with van der Waals surface area (Å²) in [4.78, 5) is 34.8. The molecule has 4 heterocycles. The molecule has 0 bridgehead atoms. The predicted octanol–water partition coefficient (Wildman–Crippen LogP) is 9.08. The summed E-state index contributed by atoms with van der Waals surface area (Å²) in [5, 5.41) is 0. The Kier molecular flexibility index (Phi) is 9.18. The van der Waals surface area contributed by atoms with Crippen molar-refractivity contribution < 1.29 is 18.3 Å². The van der Waals surface area contributed by atoms with E-state index >= 15 is 8.78 Å². The van der Waals surface area contributed by atoms with Gasteiger partial charge in [0, 0.05) is 24.5 Å². The fraction of sp³-hybridized carbons (Fsp3) is 0.359. The van der Waals surface area contributed by atoms with Crippen molar-refractivity contribution in [2.45, 2.75) is 91.7 Å². The molecule has 4 aromatic heterocycles. The Hall–Kier alpha value is -5.23. The maximum atomic E-state index is 15.7. The number of aromatic nitrogens is 6. The van der Waals surface area contributed by atoms with E-state index < -0.39 is 35.0 Å². The van der Waals surface area contributed by atoms with Crippen molar-refractivity contribution in [1.29, 1.82) is 0 Å². The number of carbonyl (C=O) groups is 1. The van der Waals surface area contributed by atoms with Gasteiger partial charge in [-0.25, -0.2) is 23.5 Å². The highest BCUT2D eigenvalue weighted by Crippen LogP contribution is 2.41. The van der Waals surface area contributed by atoms with Crippen LogP contribution in [0.2, 0.25) is 0 Å². The van der Waals surface area contributed by atoms with Crippen LogP contribution in [-0.2, 0) is 10.4 Å². The molecular formula is C39H44F2N8O2. The van der Waals surface area contributed by atoms with Crippen molar-refractivity contribution in [1.82, 2.24) is 34.0 Å². The van der Waals surface area contributed by atoms with E-state index in [1.807, 2.05) is 43.8 Å². The van der Waals surface area contributed by atoms with E-state index in [9.17, 15) is 4.79 Å². The zero-order valence-electron chi connectivity index (χ0n) is 30.4. The second-order valence-corrected chi connectivity index (χ2v) is 14.5. The lowest BCUT2D eigenvalue weighted by Crippen LogP contribution is -2.57. The first-order valence-electron chi connectivity index (χ1n) is 17.1. The van der Waals surface area contributed by atoms with E-state index in [0.717, 1.165) is 0 Å². The number of amides is 1. The van der Waals surface area contributed by atoms with Gasteiger partial charge in [0.2, 0.25) is 0 Å². The minimum absolute atomic E-state index is 0.217. The van der Waals surface area contributed by atoms with Gasteiger partial charge in [-0.1, -0.05) is 12.1 Å². The number of ether oxygens (including phenoxy) is 1. The fourth-order valence-electron chi connectivity index (χ4n) is 6.82. The van der Waals surface area contributed by atoms with Gasteiger partial charge in [-0.3, -0.25) is 14.9 Å². The van der Waals surface area contributed by atoms with Gasteiger partial charge < -0.3 is 19.6 Å². The number of rotatable bonds is 8. The number of hydrogen-bond acceptors (Lipinski definition) is 7. The SMILES string of the molecule is CC(C)n1c([C@H](C)N(C(=O)OC(C)(C)C)C(C)(N)c2nc3ccc(F)c(-c4ccccn4)c3n2C(C)C)nc2ccc(F)c(-c3ccccn3)c21. The summed E-state index contributed by atoms with van der Waals surface area (Å²) >= 11 is 0. The minimum Gasteiger partial charge on any atom is -0.444 e. The zero-order chi connectivity index (χ0) is 37.0. The summed E-state index contributed by atoms with van der Waals surface area (Å²) in [6.45, 7) is 16.7. The van der Waals surface area contributed by atoms with Crippen molar-refractivity contribution in [3.8, 4) is 22.5 Å². The largest absolute Gasteiger partial charge is 0.444 e. The molecule has 12 heteroatoms. The quantitative estimate of drug-likeness (QED) is 0.158. The lowest BCUT2D eigenvalue weighted by molar-refractivity contribution is -0.0183. The molecule has 0 fully saturated rings. The van der Waals surface area contributed by atoms with Gasteiger partial charge in [0.25, 0.3) is 0 Å². The molecule has 51 heavy (non-hydrogen) atoms. The Labute approximate surface area is 296 Å². The molecule has 2 aromatic carbocycles. The Bertz CT molecular complexity index is 2220. The van der Waals surface area contributed by atoms with E-state index in [1.54, 1.807) is 88.6 Å². The van der Waals surface area contributed by atoms with E-state index in [4.69, 9.17) is 20.4 Å². The summed E-state index contributed by atoms with van der Waals surface area (Å²) in [5.41, 5.74) is 8.34. The van der Waals surface area contributed by atoms with Gasteiger partial charge in [-0.05, 0) is 111 Å². The average Bonchev–Trinajstić information content (AvgIpc) is 3.65. The molecule has 0 saturated heterocycles. The van der Waals surface area contributed by atoms with Crippen LogP contribution in [0.3, 0.4) is 0 Å². The van der Waals surface area contributed by atoms with Gasteiger partial charge in [-0.2, -0.15) is 0 Å². The lowest BCUT2D eigenvalue weighted by atomic mass is 10.1. The maximum Gasteiger partial charge on any atom is 0.412 e. The molecule has 0 aliphatic heterocycles. The van der Waals surface area contributed by atoms with Crippen LogP contribution in [0.25, 0.3) is 44.6 Å². The van der Waals surface area contributed by atoms with Crippen LogP contribution < -0.4 is 5.73 Å². The van der Waals surface area contributed by atoms with Crippen LogP contribution in [0.1, 0.15) is 92.1 Å². The monoisotopic (exact) mass is 694 g/mol. The van der Waals surface area contributed by atoms with Crippen LogP contribution >= 0.6 is 0 Å². The van der Waals surface area contributed by atoms with E-state index in [-0.39, 0.29) is 17.6 Å². The number of halogens is 2. The van der Waals surface area contributed by atoms with Gasteiger partial charge in [0.05, 0.1) is 50.6 Å². The molecule has 6 rings (SSSR count). The molecule has 0 saturated carbocycles. The molecule has 0 spiro atoms. The number of nitrogens with two attached hydrogens (primary N) is 1. The summed E-state index contributed by atoms with van der Waals surface area (Å²) in [6, 6.07) is 15.3. The van der Waals surface area contributed by atoms with Crippen LogP contribution in [0.15, 0.2) is 73.1 Å². The number of pyridine rings is 2. The maximum absolute atomic E-state index is 15.7. The Morgan fingerprint density at radius 3 is 1.69 bits per heavy atom. The fourth-order valence-corrected chi connectivity index (χ4v) is 6.82. The summed E-state index contributed by atoms with van der Waals surface area (Å²) in [5.74, 6) is -0.151. The van der Waals surface area contributed by atoms with Crippen LogP contribution in [0, 0.1) is 11.6 Å². The van der Waals surface area contributed by atoms with E-state index in [2.05, 4.69) is 9.97 Å². The molecule has 0 aliphatic rings. The first-order valence-corrected chi connectivity index (χ1v) is 17.1. The van der Waals surface area contributed by atoms with Crippen LogP contribution in [-0.4, -0.2) is 45.7 Å². The van der Waals surface area contributed by atoms with Gasteiger partial charge >= 0.3 is 6.09 Å². The topological polar surface area (TPSA) is 117 Å². The number of imidazole rings is 2. The predicted molar refractivity (Wildman–Crippen MR) is 195 cm³/mol. The molecule has 2 N–H and O–H groups in total. The van der Waals surface area contributed by atoms with Crippen molar-refractivity contribution >= 4 is 28.2 Å². The third-order valence-corrected chi connectivity index (χ3v) is 8.81. The smallest absolute Gasteiger partial charge is 0.412 e. The van der Waals surface area contributed by atoms with Crippen LogP contribution in [0.5, 0.6) is 0 Å². The highest BCUT2D eigenvalue weighted by atomic mass is 19.1. The molecule has 6 aromatic rings. The Morgan fingerprint density at radius 2 is 1.24 bits per heavy atom. The highest BCUT2D eigenvalue weighted by Gasteiger charge is 2.45. The normalized spacial score (nSPS) is 14.0. The van der Waals surface area contributed by atoms with Crippen molar-refractivity contribution in [2.24, 2.45) is 5.73 Å². The summed E-state index contributed by atoms with van der Waals surface area (Å²) in [7, 11) is 0. The second kappa shape index (κ2) is 13.1. The lowest BCUT2D eigenvalue weighted by Gasteiger charge is -2.42. The first kappa shape index (κ1) is 35.6. The number of benzene rings is 2. The standard InChI is InChI=1S/C39H44F2N8O2/c1-22(2)47-33-29(18-16-25(40)31(33)27-14-10-12-20-43-27)45-35(47)24(5)49(37(50)51-38(6,7)8)39(9,42)36-46-30-19-17-26(41)32(28-15-11-13-21-44-28)34(30)48(36)23(3)4/h10-24H,42H2,1-9H3/t24-,39?/m0/s1. The highest BCUT2D eigenvalue weighted by molar-refractivity contribution is 5.93. The van der Waals surface area contributed by atoms with Crippen molar-refractivity contribution in [2.75, 3.05) is 0 Å². The molecule has 1 amide bonds.